The fourth-order valence-corrected chi connectivity index (χ4v) is 1.60. The highest BCUT2D eigenvalue weighted by Gasteiger charge is 2.05. The standard InChI is InChI=1S/C10H8N4O2/c11-9-12-4-7(13-9)5-1-2-6-8(3-5)16-10(15)14-6/h1-4H,(H,14,15)(H3,11,12,13). The molecule has 0 amide bonds. The lowest BCUT2D eigenvalue weighted by Crippen LogP contribution is -1.92. The molecule has 4 N–H and O–H groups in total. The first kappa shape index (κ1) is 8.78. The van der Waals surface area contributed by atoms with Crippen LogP contribution in [0.15, 0.2) is 33.6 Å². The van der Waals surface area contributed by atoms with Gasteiger partial charge < -0.3 is 15.1 Å². The zero-order valence-corrected chi connectivity index (χ0v) is 8.15. The molecule has 0 fully saturated rings. The molecule has 1 aromatic carbocycles. The van der Waals surface area contributed by atoms with E-state index in [9.17, 15) is 4.79 Å². The summed E-state index contributed by atoms with van der Waals surface area (Å²) in [7, 11) is 0. The number of anilines is 1. The Balaban J connectivity index is 2.21. The molecule has 0 saturated carbocycles. The van der Waals surface area contributed by atoms with Crippen LogP contribution >= 0.6 is 0 Å². The number of hydrogen-bond donors (Lipinski definition) is 3. The van der Waals surface area contributed by atoms with Crippen molar-refractivity contribution < 1.29 is 4.42 Å². The number of H-pyrrole nitrogens is 2. The number of aromatic amines is 2. The maximum Gasteiger partial charge on any atom is 0.417 e. The van der Waals surface area contributed by atoms with Gasteiger partial charge in [0.2, 0.25) is 0 Å². The molecule has 0 spiro atoms. The minimum absolute atomic E-state index is 0.352. The van der Waals surface area contributed by atoms with Gasteiger partial charge in [-0.25, -0.2) is 9.78 Å². The molecule has 0 bridgehead atoms. The molecule has 0 unspecified atom stereocenters. The molecule has 0 radical (unpaired) electrons. The number of hydrogen-bond acceptors (Lipinski definition) is 4. The summed E-state index contributed by atoms with van der Waals surface area (Å²) in [6.45, 7) is 0. The van der Waals surface area contributed by atoms with E-state index < -0.39 is 5.76 Å². The van der Waals surface area contributed by atoms with E-state index in [-0.39, 0.29) is 0 Å². The van der Waals surface area contributed by atoms with Gasteiger partial charge in [0.25, 0.3) is 0 Å². The van der Waals surface area contributed by atoms with Crippen molar-refractivity contribution in [2.75, 3.05) is 5.73 Å². The van der Waals surface area contributed by atoms with Crippen molar-refractivity contribution in [2.24, 2.45) is 0 Å². The van der Waals surface area contributed by atoms with Crippen molar-refractivity contribution in [3.05, 3.63) is 34.9 Å². The number of nitrogens with zero attached hydrogens (tertiary/aromatic N) is 1. The smallest absolute Gasteiger partial charge is 0.408 e. The topological polar surface area (TPSA) is 101 Å². The first-order valence-corrected chi connectivity index (χ1v) is 4.66. The molecule has 0 aliphatic rings. The van der Waals surface area contributed by atoms with Gasteiger partial charge in [0.15, 0.2) is 11.5 Å². The van der Waals surface area contributed by atoms with Crippen LogP contribution in [0.3, 0.4) is 0 Å². The number of fused-ring (bicyclic) bond motifs is 1. The van der Waals surface area contributed by atoms with E-state index >= 15 is 0 Å². The van der Waals surface area contributed by atoms with Gasteiger partial charge in [-0.05, 0) is 12.1 Å². The van der Waals surface area contributed by atoms with Crippen LogP contribution in [-0.2, 0) is 0 Å². The van der Waals surface area contributed by atoms with Crippen LogP contribution in [0.1, 0.15) is 0 Å². The van der Waals surface area contributed by atoms with Gasteiger partial charge in [-0.15, -0.1) is 0 Å². The zero-order chi connectivity index (χ0) is 11.1. The van der Waals surface area contributed by atoms with E-state index in [0.717, 1.165) is 11.3 Å². The van der Waals surface area contributed by atoms with Crippen LogP contribution in [0, 0.1) is 0 Å². The molecule has 6 heteroatoms. The van der Waals surface area contributed by atoms with Gasteiger partial charge in [0.1, 0.15) is 0 Å². The molecule has 0 aliphatic heterocycles. The average molecular weight is 216 g/mol. The maximum absolute atomic E-state index is 11.0. The summed E-state index contributed by atoms with van der Waals surface area (Å²) in [5, 5.41) is 0. The minimum Gasteiger partial charge on any atom is -0.408 e. The zero-order valence-electron chi connectivity index (χ0n) is 8.15. The lowest BCUT2D eigenvalue weighted by atomic mass is 10.1. The summed E-state index contributed by atoms with van der Waals surface area (Å²) in [6.07, 6.45) is 1.63. The van der Waals surface area contributed by atoms with Gasteiger partial charge in [-0.1, -0.05) is 6.07 Å². The molecular weight excluding hydrogens is 208 g/mol. The highest BCUT2D eigenvalue weighted by atomic mass is 16.4. The van der Waals surface area contributed by atoms with Crippen molar-refractivity contribution in [1.29, 1.82) is 0 Å². The van der Waals surface area contributed by atoms with Gasteiger partial charge in [-0.3, -0.25) is 4.98 Å². The number of imidazole rings is 1. The second-order valence-electron chi connectivity index (χ2n) is 3.41. The first-order valence-electron chi connectivity index (χ1n) is 4.66. The Bertz CT molecular complexity index is 707. The molecular formula is C10H8N4O2. The molecule has 80 valence electrons. The monoisotopic (exact) mass is 216 g/mol. The third-order valence-electron chi connectivity index (χ3n) is 2.33. The van der Waals surface area contributed by atoms with Gasteiger partial charge in [-0.2, -0.15) is 0 Å². The SMILES string of the molecule is Nc1ncc(-c2ccc3[nH]c(=O)oc3c2)[nH]1. The summed E-state index contributed by atoms with van der Waals surface area (Å²) >= 11 is 0. The van der Waals surface area contributed by atoms with E-state index in [4.69, 9.17) is 10.2 Å². The van der Waals surface area contributed by atoms with Crippen LogP contribution in [0.2, 0.25) is 0 Å². The molecule has 2 aromatic heterocycles. The van der Waals surface area contributed by atoms with Crippen molar-refractivity contribution in [3.63, 3.8) is 0 Å². The van der Waals surface area contributed by atoms with Crippen molar-refractivity contribution in [3.8, 4) is 11.3 Å². The van der Waals surface area contributed by atoms with Crippen LogP contribution in [0.5, 0.6) is 0 Å². The van der Waals surface area contributed by atoms with E-state index in [2.05, 4.69) is 15.0 Å². The van der Waals surface area contributed by atoms with Crippen molar-refractivity contribution >= 4 is 17.0 Å². The number of nitrogen functional groups attached to an aromatic ring is 1. The second kappa shape index (κ2) is 2.99. The molecule has 3 aromatic rings. The summed E-state index contributed by atoms with van der Waals surface area (Å²) in [5.41, 5.74) is 8.31. The van der Waals surface area contributed by atoms with E-state index in [1.54, 1.807) is 18.3 Å². The summed E-state index contributed by atoms with van der Waals surface area (Å²) in [5.74, 6) is -0.109. The molecule has 16 heavy (non-hydrogen) atoms. The lowest BCUT2D eigenvalue weighted by Gasteiger charge is -1.95. The fraction of sp³-hybridized carbons (Fsp3) is 0. The number of benzene rings is 1. The van der Waals surface area contributed by atoms with Crippen LogP contribution in [0.25, 0.3) is 22.4 Å². The van der Waals surface area contributed by atoms with E-state index in [1.807, 2.05) is 6.07 Å². The Labute approximate surface area is 89.1 Å². The van der Waals surface area contributed by atoms with Crippen LogP contribution in [0.4, 0.5) is 5.95 Å². The second-order valence-corrected chi connectivity index (χ2v) is 3.41. The minimum atomic E-state index is -0.462. The van der Waals surface area contributed by atoms with Gasteiger partial charge >= 0.3 is 5.76 Å². The van der Waals surface area contributed by atoms with Gasteiger partial charge in [0, 0.05) is 5.56 Å². The Hall–Kier alpha value is -2.50. The molecule has 2 heterocycles. The number of aromatic nitrogens is 3. The molecule has 6 nitrogen and oxygen atoms in total. The normalized spacial score (nSPS) is 11.0. The summed E-state index contributed by atoms with van der Waals surface area (Å²) in [6, 6.07) is 5.37. The van der Waals surface area contributed by atoms with E-state index in [1.165, 1.54) is 0 Å². The van der Waals surface area contributed by atoms with Crippen molar-refractivity contribution in [1.82, 2.24) is 15.0 Å². The van der Waals surface area contributed by atoms with Crippen molar-refractivity contribution in [2.45, 2.75) is 0 Å². The summed E-state index contributed by atoms with van der Waals surface area (Å²) < 4.78 is 4.96. The first-order chi connectivity index (χ1) is 7.72. The fourth-order valence-electron chi connectivity index (χ4n) is 1.60. The van der Waals surface area contributed by atoms with E-state index in [0.29, 0.717) is 17.0 Å². The highest BCUT2D eigenvalue weighted by Crippen LogP contribution is 2.21. The predicted octanol–water partition coefficient (Wildman–Crippen LogP) is 1.09. The lowest BCUT2D eigenvalue weighted by molar-refractivity contribution is 0.555. The predicted molar refractivity (Wildman–Crippen MR) is 58.8 cm³/mol. The number of rotatable bonds is 1. The Kier molecular flexibility index (Phi) is 1.64. The molecule has 0 saturated heterocycles. The van der Waals surface area contributed by atoms with Crippen LogP contribution in [-0.4, -0.2) is 15.0 Å². The molecule has 0 atom stereocenters. The number of nitrogens with two attached hydrogens (primary N) is 1. The largest absolute Gasteiger partial charge is 0.417 e. The Morgan fingerprint density at radius 1 is 1.31 bits per heavy atom. The maximum atomic E-state index is 11.0. The third-order valence-corrected chi connectivity index (χ3v) is 2.33. The van der Waals surface area contributed by atoms with Gasteiger partial charge in [0.05, 0.1) is 17.4 Å². The number of nitrogens with one attached hydrogen (secondary N) is 2. The third kappa shape index (κ3) is 1.28. The highest BCUT2D eigenvalue weighted by molar-refractivity contribution is 5.78. The van der Waals surface area contributed by atoms with Crippen LogP contribution < -0.4 is 11.5 Å². The Morgan fingerprint density at radius 2 is 2.19 bits per heavy atom. The number of oxazole rings is 1. The molecule has 0 aliphatic carbocycles. The quantitative estimate of drug-likeness (QED) is 0.566. The summed E-state index contributed by atoms with van der Waals surface area (Å²) in [4.78, 5) is 20.3. The molecule has 3 rings (SSSR count). The Morgan fingerprint density at radius 3 is 2.94 bits per heavy atom. The average Bonchev–Trinajstić information content (AvgIpc) is 2.81.